The number of nitrogens with one attached hydrogen (secondary N) is 1. The fraction of sp³-hybridized carbons (Fsp3) is 0.438. The van der Waals surface area contributed by atoms with Gasteiger partial charge in [0.15, 0.2) is 0 Å². The molecule has 0 saturated carbocycles. The highest BCUT2D eigenvalue weighted by Gasteiger charge is 2.19. The highest BCUT2D eigenvalue weighted by atomic mass is 32.2. The van der Waals surface area contributed by atoms with E-state index in [0.29, 0.717) is 6.42 Å². The van der Waals surface area contributed by atoms with Crippen LogP contribution in [0.4, 0.5) is 0 Å². The quantitative estimate of drug-likeness (QED) is 0.724. The predicted molar refractivity (Wildman–Crippen MR) is 86.0 cm³/mol. The molecule has 1 aromatic rings. The van der Waals surface area contributed by atoms with E-state index in [1.165, 1.54) is 0 Å². The van der Waals surface area contributed by atoms with Gasteiger partial charge in [0.2, 0.25) is 5.91 Å². The van der Waals surface area contributed by atoms with E-state index in [1.54, 1.807) is 17.8 Å². The SMILES string of the molecule is C=CC(CC(=O)NC(C)C(CO)SC)c1ccccc1. The molecule has 0 aliphatic rings. The zero-order valence-corrected chi connectivity index (χ0v) is 12.9. The lowest BCUT2D eigenvalue weighted by Crippen LogP contribution is -2.41. The molecule has 0 fully saturated rings. The Hall–Kier alpha value is -1.26. The van der Waals surface area contributed by atoms with Crippen molar-refractivity contribution in [2.75, 3.05) is 12.9 Å². The number of benzene rings is 1. The summed E-state index contributed by atoms with van der Waals surface area (Å²) in [5, 5.41) is 12.2. The molecule has 3 nitrogen and oxygen atoms in total. The molecule has 1 aromatic carbocycles. The molecule has 20 heavy (non-hydrogen) atoms. The molecule has 0 spiro atoms. The smallest absolute Gasteiger partial charge is 0.221 e. The first kappa shape index (κ1) is 16.8. The maximum absolute atomic E-state index is 12.1. The largest absolute Gasteiger partial charge is 0.395 e. The number of carbonyl (C=O) groups is 1. The van der Waals surface area contributed by atoms with Gasteiger partial charge in [-0.3, -0.25) is 4.79 Å². The van der Waals surface area contributed by atoms with E-state index >= 15 is 0 Å². The lowest BCUT2D eigenvalue weighted by Gasteiger charge is -2.22. The lowest BCUT2D eigenvalue weighted by atomic mass is 9.95. The standard InChI is InChI=1S/C16H23NO2S/c1-4-13(14-8-6-5-7-9-14)10-16(19)17-12(2)15(11-18)20-3/h4-9,12-13,15,18H,1,10-11H2,2-3H3,(H,17,19). The van der Waals surface area contributed by atoms with Gasteiger partial charge in [0.05, 0.1) is 6.61 Å². The average molecular weight is 293 g/mol. The molecule has 0 aliphatic carbocycles. The van der Waals surface area contributed by atoms with Crippen molar-refractivity contribution < 1.29 is 9.90 Å². The summed E-state index contributed by atoms with van der Waals surface area (Å²) in [5.41, 5.74) is 1.09. The summed E-state index contributed by atoms with van der Waals surface area (Å²) < 4.78 is 0. The molecule has 0 aromatic heterocycles. The molecule has 4 heteroatoms. The fourth-order valence-corrected chi connectivity index (χ4v) is 2.71. The average Bonchev–Trinajstić information content (AvgIpc) is 2.47. The first-order valence-corrected chi connectivity index (χ1v) is 8.01. The Bertz CT molecular complexity index is 418. The van der Waals surface area contributed by atoms with Gasteiger partial charge in [-0.15, -0.1) is 6.58 Å². The maximum Gasteiger partial charge on any atom is 0.221 e. The lowest BCUT2D eigenvalue weighted by molar-refractivity contribution is -0.121. The van der Waals surface area contributed by atoms with Crippen molar-refractivity contribution in [2.45, 2.75) is 30.6 Å². The van der Waals surface area contributed by atoms with Crippen LogP contribution in [0.1, 0.15) is 24.8 Å². The van der Waals surface area contributed by atoms with Gasteiger partial charge in [0.25, 0.3) is 0 Å². The van der Waals surface area contributed by atoms with E-state index in [4.69, 9.17) is 0 Å². The Morgan fingerprint density at radius 1 is 1.45 bits per heavy atom. The molecule has 0 saturated heterocycles. The second-order valence-electron chi connectivity index (χ2n) is 4.77. The van der Waals surface area contributed by atoms with Crippen molar-refractivity contribution in [1.82, 2.24) is 5.32 Å². The van der Waals surface area contributed by atoms with Gasteiger partial charge >= 0.3 is 0 Å². The van der Waals surface area contributed by atoms with E-state index in [2.05, 4.69) is 11.9 Å². The molecular weight excluding hydrogens is 270 g/mol. The van der Waals surface area contributed by atoms with Crippen LogP contribution >= 0.6 is 11.8 Å². The van der Waals surface area contributed by atoms with E-state index in [1.807, 2.05) is 43.5 Å². The van der Waals surface area contributed by atoms with Crippen molar-refractivity contribution in [2.24, 2.45) is 0 Å². The minimum atomic E-state index is -0.0521. The molecule has 3 atom stereocenters. The summed E-state index contributed by atoms with van der Waals surface area (Å²) >= 11 is 1.56. The van der Waals surface area contributed by atoms with Crippen LogP contribution in [0.5, 0.6) is 0 Å². The Balaban J connectivity index is 2.58. The Labute approximate surface area is 125 Å². The third-order valence-corrected chi connectivity index (χ3v) is 4.51. The normalized spacial score (nSPS) is 15.2. The number of rotatable bonds is 8. The van der Waals surface area contributed by atoms with Gasteiger partial charge in [-0.2, -0.15) is 11.8 Å². The van der Waals surface area contributed by atoms with E-state index in [0.717, 1.165) is 5.56 Å². The number of allylic oxidation sites excluding steroid dienone is 1. The molecular formula is C16H23NO2S. The van der Waals surface area contributed by atoms with Crippen LogP contribution in [0, 0.1) is 0 Å². The summed E-state index contributed by atoms with van der Waals surface area (Å²) in [6.07, 6.45) is 4.11. The highest BCUT2D eigenvalue weighted by molar-refractivity contribution is 7.99. The van der Waals surface area contributed by atoms with Crippen LogP contribution in [0.25, 0.3) is 0 Å². The Morgan fingerprint density at radius 3 is 2.60 bits per heavy atom. The van der Waals surface area contributed by atoms with Crippen LogP contribution in [0.15, 0.2) is 43.0 Å². The fourth-order valence-electron chi connectivity index (χ4n) is 2.08. The van der Waals surface area contributed by atoms with Gasteiger partial charge in [0.1, 0.15) is 0 Å². The molecule has 110 valence electrons. The minimum Gasteiger partial charge on any atom is -0.395 e. The number of amides is 1. The third-order valence-electron chi connectivity index (χ3n) is 3.35. The molecule has 1 amide bonds. The van der Waals surface area contributed by atoms with Crippen molar-refractivity contribution in [1.29, 1.82) is 0 Å². The van der Waals surface area contributed by atoms with Gasteiger partial charge in [-0.05, 0) is 18.7 Å². The molecule has 0 aliphatic heterocycles. The van der Waals surface area contributed by atoms with Gasteiger partial charge in [0, 0.05) is 23.6 Å². The Kier molecular flexibility index (Phi) is 7.41. The van der Waals surface area contributed by atoms with E-state index < -0.39 is 0 Å². The zero-order chi connectivity index (χ0) is 15.0. The molecule has 0 heterocycles. The van der Waals surface area contributed by atoms with Crippen LogP contribution in [0.3, 0.4) is 0 Å². The molecule has 1 rings (SSSR count). The first-order chi connectivity index (χ1) is 9.62. The van der Waals surface area contributed by atoms with Crippen LogP contribution in [-0.4, -0.2) is 35.2 Å². The Morgan fingerprint density at radius 2 is 2.10 bits per heavy atom. The van der Waals surface area contributed by atoms with Crippen molar-refractivity contribution in [3.05, 3.63) is 48.6 Å². The number of carbonyl (C=O) groups excluding carboxylic acids is 1. The minimum absolute atomic E-state index is 0.0150. The second kappa shape index (κ2) is 8.82. The molecule has 0 radical (unpaired) electrons. The number of aliphatic hydroxyl groups excluding tert-OH is 1. The summed E-state index contributed by atoms with van der Waals surface area (Å²) in [7, 11) is 0. The van der Waals surface area contributed by atoms with Crippen molar-refractivity contribution >= 4 is 17.7 Å². The van der Waals surface area contributed by atoms with E-state index in [-0.39, 0.29) is 29.7 Å². The maximum atomic E-state index is 12.1. The third kappa shape index (κ3) is 5.02. The molecule has 3 unspecified atom stereocenters. The number of hydrogen-bond acceptors (Lipinski definition) is 3. The second-order valence-corrected chi connectivity index (χ2v) is 5.85. The summed E-state index contributed by atoms with van der Waals surface area (Å²) in [5.74, 6) is 0.00371. The summed E-state index contributed by atoms with van der Waals surface area (Å²) in [6, 6.07) is 9.83. The zero-order valence-electron chi connectivity index (χ0n) is 12.1. The molecule has 0 bridgehead atoms. The van der Waals surface area contributed by atoms with Crippen LogP contribution < -0.4 is 5.32 Å². The van der Waals surface area contributed by atoms with Gasteiger partial charge < -0.3 is 10.4 Å². The highest BCUT2D eigenvalue weighted by Crippen LogP contribution is 2.20. The van der Waals surface area contributed by atoms with Crippen molar-refractivity contribution in [3.63, 3.8) is 0 Å². The topological polar surface area (TPSA) is 49.3 Å². The predicted octanol–water partition coefficient (Wildman–Crippen LogP) is 2.57. The number of thioether (sulfide) groups is 1. The summed E-state index contributed by atoms with van der Waals surface area (Å²) in [6.45, 7) is 5.79. The molecule has 2 N–H and O–H groups in total. The first-order valence-electron chi connectivity index (χ1n) is 6.72. The monoisotopic (exact) mass is 293 g/mol. The van der Waals surface area contributed by atoms with Gasteiger partial charge in [-0.1, -0.05) is 36.4 Å². The van der Waals surface area contributed by atoms with Crippen molar-refractivity contribution in [3.8, 4) is 0 Å². The van der Waals surface area contributed by atoms with Crippen LogP contribution in [0.2, 0.25) is 0 Å². The summed E-state index contributed by atoms with van der Waals surface area (Å²) in [4.78, 5) is 12.1. The van der Waals surface area contributed by atoms with E-state index in [9.17, 15) is 9.90 Å². The van der Waals surface area contributed by atoms with Gasteiger partial charge in [-0.25, -0.2) is 0 Å². The number of aliphatic hydroxyl groups is 1. The number of hydrogen-bond donors (Lipinski definition) is 2. The van der Waals surface area contributed by atoms with Crippen LogP contribution in [-0.2, 0) is 4.79 Å².